The number of rotatable bonds is 14. The zero-order chi connectivity index (χ0) is 20.0. The highest BCUT2D eigenvalue weighted by atomic mass is 16.7. The first-order valence-electron chi connectivity index (χ1n) is 11.1. The van der Waals surface area contributed by atoms with Gasteiger partial charge in [0, 0.05) is 60.2 Å². The Morgan fingerprint density at radius 3 is 2.29 bits per heavy atom. The molecule has 2 fully saturated rings. The fourth-order valence-corrected chi connectivity index (χ4v) is 3.87. The van der Waals surface area contributed by atoms with Crippen LogP contribution in [0.3, 0.4) is 0 Å². The van der Waals surface area contributed by atoms with Crippen molar-refractivity contribution in [2.45, 2.75) is 64.1 Å². The Labute approximate surface area is 171 Å². The van der Waals surface area contributed by atoms with Gasteiger partial charge in [-0.25, -0.2) is 0 Å². The third-order valence-corrected chi connectivity index (χ3v) is 5.56. The molecule has 0 aliphatic carbocycles. The molecule has 7 heteroatoms. The maximum absolute atomic E-state index is 6.19. The molecule has 2 saturated heterocycles. The van der Waals surface area contributed by atoms with Gasteiger partial charge in [-0.2, -0.15) is 0 Å². The second-order valence-electron chi connectivity index (χ2n) is 7.75. The van der Waals surface area contributed by atoms with Gasteiger partial charge in [-0.15, -0.1) is 0 Å². The van der Waals surface area contributed by atoms with Crippen LogP contribution in [0.25, 0.3) is 0 Å². The predicted molar refractivity (Wildman–Crippen MR) is 109 cm³/mol. The molecular formula is C21H42N2O5. The fourth-order valence-electron chi connectivity index (χ4n) is 3.87. The quantitative estimate of drug-likeness (QED) is 0.326. The summed E-state index contributed by atoms with van der Waals surface area (Å²) in [6.45, 7) is 11.3. The fraction of sp³-hybridized carbons (Fsp3) is 1.00. The second kappa shape index (κ2) is 14.7. The molecule has 0 aromatic carbocycles. The summed E-state index contributed by atoms with van der Waals surface area (Å²) in [6.07, 6.45) is 5.77. The number of nitrogens with zero attached hydrogens (tertiary/aromatic N) is 2. The summed E-state index contributed by atoms with van der Waals surface area (Å²) < 4.78 is 28.5. The molecule has 0 N–H and O–H groups in total. The van der Waals surface area contributed by atoms with E-state index >= 15 is 0 Å². The molecular weight excluding hydrogens is 360 g/mol. The summed E-state index contributed by atoms with van der Waals surface area (Å²) in [5.74, 6) is 0. The largest absolute Gasteiger partial charge is 0.380 e. The summed E-state index contributed by atoms with van der Waals surface area (Å²) in [4.78, 5) is 5.05. The van der Waals surface area contributed by atoms with Gasteiger partial charge in [0.1, 0.15) is 6.10 Å². The highest BCUT2D eigenvalue weighted by Crippen LogP contribution is 2.20. The van der Waals surface area contributed by atoms with E-state index in [-0.39, 0.29) is 18.7 Å². The number of methoxy groups -OCH3 is 2. The Kier molecular flexibility index (Phi) is 12.6. The summed E-state index contributed by atoms with van der Waals surface area (Å²) in [5.41, 5.74) is 0. The van der Waals surface area contributed by atoms with Crippen molar-refractivity contribution in [1.82, 2.24) is 9.80 Å². The lowest BCUT2D eigenvalue weighted by molar-refractivity contribution is -0.252. The highest BCUT2D eigenvalue weighted by molar-refractivity contribution is 4.73. The van der Waals surface area contributed by atoms with Gasteiger partial charge < -0.3 is 28.6 Å². The van der Waals surface area contributed by atoms with Crippen molar-refractivity contribution in [2.24, 2.45) is 0 Å². The zero-order valence-electron chi connectivity index (χ0n) is 18.3. The van der Waals surface area contributed by atoms with Crippen molar-refractivity contribution in [3.8, 4) is 0 Å². The summed E-state index contributed by atoms with van der Waals surface area (Å²) in [7, 11) is 3.35. The average Bonchev–Trinajstić information content (AvgIpc) is 2.74. The molecule has 2 rings (SSSR count). The van der Waals surface area contributed by atoms with Crippen LogP contribution in [0, 0.1) is 0 Å². The molecule has 2 aliphatic heterocycles. The van der Waals surface area contributed by atoms with Crippen molar-refractivity contribution in [3.05, 3.63) is 0 Å². The lowest BCUT2D eigenvalue weighted by atomic mass is 10.1. The van der Waals surface area contributed by atoms with Crippen LogP contribution in [0.1, 0.15) is 45.4 Å². The number of piperazine rings is 1. The van der Waals surface area contributed by atoms with Crippen LogP contribution in [-0.4, -0.2) is 102 Å². The van der Waals surface area contributed by atoms with E-state index in [0.29, 0.717) is 0 Å². The topological polar surface area (TPSA) is 52.6 Å². The van der Waals surface area contributed by atoms with E-state index in [1.54, 1.807) is 14.2 Å². The molecule has 28 heavy (non-hydrogen) atoms. The summed E-state index contributed by atoms with van der Waals surface area (Å²) >= 11 is 0. The van der Waals surface area contributed by atoms with E-state index in [4.69, 9.17) is 23.7 Å². The summed E-state index contributed by atoms with van der Waals surface area (Å²) in [5, 5.41) is 0. The minimum atomic E-state index is -0.342. The molecule has 0 radical (unpaired) electrons. The van der Waals surface area contributed by atoms with Crippen LogP contribution in [0.4, 0.5) is 0 Å². The molecule has 0 aromatic heterocycles. The van der Waals surface area contributed by atoms with E-state index in [1.165, 1.54) is 0 Å². The third-order valence-electron chi connectivity index (χ3n) is 5.56. The second-order valence-corrected chi connectivity index (χ2v) is 7.75. The first-order valence-corrected chi connectivity index (χ1v) is 11.1. The van der Waals surface area contributed by atoms with E-state index in [1.807, 2.05) is 0 Å². The van der Waals surface area contributed by atoms with Crippen molar-refractivity contribution >= 4 is 0 Å². The van der Waals surface area contributed by atoms with Crippen molar-refractivity contribution in [2.75, 3.05) is 73.3 Å². The average molecular weight is 403 g/mol. The van der Waals surface area contributed by atoms with Gasteiger partial charge in [-0.1, -0.05) is 6.92 Å². The van der Waals surface area contributed by atoms with Crippen LogP contribution in [0.2, 0.25) is 0 Å². The molecule has 2 unspecified atom stereocenters. The first-order chi connectivity index (χ1) is 13.8. The van der Waals surface area contributed by atoms with Crippen LogP contribution in [-0.2, 0) is 23.7 Å². The van der Waals surface area contributed by atoms with Crippen LogP contribution in [0.5, 0.6) is 0 Å². The van der Waals surface area contributed by atoms with E-state index in [2.05, 4.69) is 16.7 Å². The lowest BCUT2D eigenvalue weighted by Gasteiger charge is -2.35. The predicted octanol–water partition coefficient (Wildman–Crippen LogP) is 2.34. The molecule has 0 saturated carbocycles. The maximum atomic E-state index is 6.19. The first kappa shape index (κ1) is 24.0. The van der Waals surface area contributed by atoms with Crippen molar-refractivity contribution < 1.29 is 23.7 Å². The minimum absolute atomic E-state index is 0.0879. The molecule has 0 amide bonds. The van der Waals surface area contributed by atoms with Gasteiger partial charge in [0.2, 0.25) is 0 Å². The van der Waals surface area contributed by atoms with Gasteiger partial charge in [0.15, 0.2) is 12.6 Å². The highest BCUT2D eigenvalue weighted by Gasteiger charge is 2.27. The van der Waals surface area contributed by atoms with Crippen molar-refractivity contribution in [1.29, 1.82) is 0 Å². The van der Waals surface area contributed by atoms with Gasteiger partial charge in [-0.3, -0.25) is 4.90 Å². The van der Waals surface area contributed by atoms with Crippen LogP contribution in [0.15, 0.2) is 0 Å². The van der Waals surface area contributed by atoms with Gasteiger partial charge in [0.25, 0.3) is 0 Å². The molecule has 0 bridgehead atoms. The number of hydrogen-bond acceptors (Lipinski definition) is 7. The van der Waals surface area contributed by atoms with Crippen LogP contribution < -0.4 is 0 Å². The van der Waals surface area contributed by atoms with Gasteiger partial charge in [-0.05, 0) is 45.1 Å². The standard InChI is InChI=1S/C21H42N2O5/c1-4-16-26-18-15-23-13-11-22(12-14-23)10-7-8-19(21(24-2)25-3)28-20-9-5-6-17-27-20/h19-21H,4-18H2,1-3H3. The zero-order valence-corrected chi connectivity index (χ0v) is 18.3. The summed E-state index contributed by atoms with van der Waals surface area (Å²) in [6, 6.07) is 0. The molecule has 166 valence electrons. The SMILES string of the molecule is CCCOCCN1CCN(CCCC(OC2CCCCO2)C(OC)OC)CC1. The molecule has 2 heterocycles. The Balaban J connectivity index is 1.64. The Morgan fingerprint density at radius 1 is 0.964 bits per heavy atom. The Bertz CT molecular complexity index is 370. The van der Waals surface area contributed by atoms with E-state index < -0.39 is 0 Å². The molecule has 2 atom stereocenters. The number of ether oxygens (including phenoxy) is 5. The lowest BCUT2D eigenvalue weighted by Crippen LogP contribution is -2.47. The molecule has 0 spiro atoms. The monoisotopic (exact) mass is 402 g/mol. The van der Waals surface area contributed by atoms with Gasteiger partial charge in [0.05, 0.1) is 6.61 Å². The van der Waals surface area contributed by atoms with Crippen molar-refractivity contribution in [3.63, 3.8) is 0 Å². The third kappa shape index (κ3) is 9.03. The van der Waals surface area contributed by atoms with Gasteiger partial charge >= 0.3 is 0 Å². The number of hydrogen-bond donors (Lipinski definition) is 0. The van der Waals surface area contributed by atoms with E-state index in [0.717, 1.165) is 97.6 Å². The molecule has 0 aromatic rings. The maximum Gasteiger partial charge on any atom is 0.183 e. The molecule has 2 aliphatic rings. The smallest absolute Gasteiger partial charge is 0.183 e. The Morgan fingerprint density at radius 2 is 1.68 bits per heavy atom. The minimum Gasteiger partial charge on any atom is -0.380 e. The van der Waals surface area contributed by atoms with Crippen LogP contribution >= 0.6 is 0 Å². The normalized spacial score (nSPS) is 23.4. The van der Waals surface area contributed by atoms with E-state index in [9.17, 15) is 0 Å². The molecule has 7 nitrogen and oxygen atoms in total. The Hall–Kier alpha value is -0.280.